The molecule has 4 aromatic rings. The predicted octanol–water partition coefficient (Wildman–Crippen LogP) is 6.51. The minimum Gasteiger partial charge on any atom is -0.497 e. The zero-order valence-corrected chi connectivity index (χ0v) is 21.6. The molecule has 0 saturated heterocycles. The van der Waals surface area contributed by atoms with Gasteiger partial charge in [0.2, 0.25) is 0 Å². The van der Waals surface area contributed by atoms with Gasteiger partial charge in [0.25, 0.3) is 0 Å². The molecule has 0 amide bonds. The van der Waals surface area contributed by atoms with E-state index in [-0.39, 0.29) is 5.92 Å². The summed E-state index contributed by atoms with van der Waals surface area (Å²) in [5, 5.41) is 1.68. The number of carbonyl (C=O) groups excluding carboxylic acids is 1. The molecule has 0 bridgehead atoms. The van der Waals surface area contributed by atoms with Crippen molar-refractivity contribution < 1.29 is 28.5 Å². The smallest absolute Gasteiger partial charge is 0.338 e. The lowest BCUT2D eigenvalue weighted by molar-refractivity contribution is 0.0600. The molecular weight excluding hydrogens is 468 g/mol. The van der Waals surface area contributed by atoms with Gasteiger partial charge in [0.05, 0.1) is 41.1 Å². The summed E-state index contributed by atoms with van der Waals surface area (Å²) in [6.45, 7) is 0. The number of allylic oxidation sites excluding steroid dienone is 1. The number of hydrogen-bond acceptors (Lipinski definition) is 6. The molecule has 0 atom stereocenters. The second-order valence-electron chi connectivity index (χ2n) is 8.33. The molecule has 190 valence electrons. The average Bonchev–Trinajstić information content (AvgIpc) is 2.96. The molecule has 4 aromatic carbocycles. The fourth-order valence-corrected chi connectivity index (χ4v) is 4.38. The maximum Gasteiger partial charge on any atom is 0.338 e. The fraction of sp³-hybridized carbons (Fsp3) is 0.194. The third-order valence-electron chi connectivity index (χ3n) is 6.35. The lowest BCUT2D eigenvalue weighted by Gasteiger charge is -2.17. The molecule has 0 radical (unpaired) electrons. The first-order valence-corrected chi connectivity index (χ1v) is 11.8. The minimum absolute atomic E-state index is 0.118. The Hall–Kier alpha value is -4.45. The number of hydrogen-bond donors (Lipinski definition) is 0. The van der Waals surface area contributed by atoms with Crippen LogP contribution >= 0.6 is 0 Å². The Morgan fingerprint density at radius 2 is 1.22 bits per heavy atom. The van der Waals surface area contributed by atoms with Gasteiger partial charge in [0.1, 0.15) is 23.0 Å². The summed E-state index contributed by atoms with van der Waals surface area (Å²) >= 11 is 0. The molecule has 37 heavy (non-hydrogen) atoms. The second-order valence-corrected chi connectivity index (χ2v) is 8.33. The topological polar surface area (TPSA) is 63.2 Å². The van der Waals surface area contributed by atoms with Gasteiger partial charge in [0.15, 0.2) is 0 Å². The van der Waals surface area contributed by atoms with E-state index < -0.39 is 5.97 Å². The Kier molecular flexibility index (Phi) is 7.98. The zero-order chi connectivity index (χ0) is 26.4. The molecule has 6 heteroatoms. The van der Waals surface area contributed by atoms with Crippen LogP contribution in [-0.2, 0) is 4.74 Å². The standard InChI is InChI=1S/C31H30O6/c1-33-23-11-6-20(7-12-23)26(21-8-13-24(34-2)14-9-21)16-17-27-29(31(32)37-5)18-22-10-15-25(35-3)19-28(22)30(27)36-4/h6-19,26H,1-5H3/b17-16-. The summed E-state index contributed by atoms with van der Waals surface area (Å²) in [5.41, 5.74) is 3.16. The highest BCUT2D eigenvalue weighted by Crippen LogP contribution is 2.38. The van der Waals surface area contributed by atoms with Gasteiger partial charge < -0.3 is 23.7 Å². The van der Waals surface area contributed by atoms with Crippen molar-refractivity contribution in [3.63, 3.8) is 0 Å². The van der Waals surface area contributed by atoms with Crippen molar-refractivity contribution in [3.8, 4) is 23.0 Å². The van der Waals surface area contributed by atoms with Crippen molar-refractivity contribution in [2.75, 3.05) is 35.5 Å². The van der Waals surface area contributed by atoms with Gasteiger partial charge in [-0.3, -0.25) is 0 Å². The normalized spacial score (nSPS) is 11.1. The maximum absolute atomic E-state index is 12.8. The molecule has 0 aliphatic rings. The van der Waals surface area contributed by atoms with E-state index in [9.17, 15) is 4.79 Å². The second kappa shape index (κ2) is 11.5. The molecule has 0 aromatic heterocycles. The molecular formula is C31H30O6. The van der Waals surface area contributed by atoms with Crippen molar-refractivity contribution in [3.05, 3.63) is 101 Å². The van der Waals surface area contributed by atoms with E-state index in [4.69, 9.17) is 23.7 Å². The number of ether oxygens (including phenoxy) is 5. The first-order chi connectivity index (χ1) is 18.0. The molecule has 0 aliphatic carbocycles. The van der Waals surface area contributed by atoms with Crippen LogP contribution in [0.25, 0.3) is 16.8 Å². The van der Waals surface area contributed by atoms with Gasteiger partial charge in [-0.25, -0.2) is 4.79 Å². The Bertz CT molecular complexity index is 1360. The molecule has 0 saturated carbocycles. The monoisotopic (exact) mass is 498 g/mol. The molecule has 0 unspecified atom stereocenters. The van der Waals surface area contributed by atoms with Crippen molar-refractivity contribution in [1.29, 1.82) is 0 Å². The van der Waals surface area contributed by atoms with Gasteiger partial charge in [-0.2, -0.15) is 0 Å². The van der Waals surface area contributed by atoms with E-state index in [1.807, 2.05) is 78.9 Å². The lowest BCUT2D eigenvalue weighted by Crippen LogP contribution is -2.06. The first kappa shape index (κ1) is 25.6. The number of rotatable bonds is 9. The van der Waals surface area contributed by atoms with Gasteiger partial charge >= 0.3 is 5.97 Å². The molecule has 4 rings (SSSR count). The van der Waals surface area contributed by atoms with Crippen molar-refractivity contribution in [2.24, 2.45) is 0 Å². The highest BCUT2D eigenvalue weighted by Gasteiger charge is 2.20. The predicted molar refractivity (Wildman–Crippen MR) is 145 cm³/mol. The van der Waals surface area contributed by atoms with E-state index >= 15 is 0 Å². The third kappa shape index (κ3) is 5.38. The summed E-state index contributed by atoms with van der Waals surface area (Å²) in [6, 6.07) is 23.3. The number of benzene rings is 4. The number of carbonyl (C=O) groups is 1. The third-order valence-corrected chi connectivity index (χ3v) is 6.35. The SMILES string of the molecule is COC(=O)c1cc2ccc(OC)cc2c(OC)c1/C=C\C(c1ccc(OC)cc1)c1ccc(OC)cc1. The maximum atomic E-state index is 12.8. The van der Waals surface area contributed by atoms with E-state index in [0.29, 0.717) is 22.6 Å². The Morgan fingerprint density at radius 1 is 0.676 bits per heavy atom. The van der Waals surface area contributed by atoms with Crippen LogP contribution in [0, 0.1) is 0 Å². The average molecular weight is 499 g/mol. The van der Waals surface area contributed by atoms with Gasteiger partial charge in [0, 0.05) is 16.9 Å². The molecule has 0 fully saturated rings. The highest BCUT2D eigenvalue weighted by molar-refractivity contribution is 6.03. The first-order valence-electron chi connectivity index (χ1n) is 11.8. The summed E-state index contributed by atoms with van der Waals surface area (Å²) in [5.74, 6) is 2.25. The summed E-state index contributed by atoms with van der Waals surface area (Å²) in [7, 11) is 7.87. The number of fused-ring (bicyclic) bond motifs is 1. The Balaban J connectivity index is 1.90. The highest BCUT2D eigenvalue weighted by atomic mass is 16.5. The molecule has 6 nitrogen and oxygen atoms in total. The van der Waals surface area contributed by atoms with Gasteiger partial charge in [-0.1, -0.05) is 42.5 Å². The largest absolute Gasteiger partial charge is 0.497 e. The molecule has 0 N–H and O–H groups in total. The van der Waals surface area contributed by atoms with Crippen LogP contribution in [-0.4, -0.2) is 41.5 Å². The minimum atomic E-state index is -0.443. The number of esters is 1. The van der Waals surface area contributed by atoms with Gasteiger partial charge in [-0.15, -0.1) is 0 Å². The van der Waals surface area contributed by atoms with Crippen LogP contribution in [0.1, 0.15) is 33.0 Å². The quantitative estimate of drug-likeness (QED) is 0.245. The van der Waals surface area contributed by atoms with Crippen molar-refractivity contribution in [2.45, 2.75) is 5.92 Å². The summed E-state index contributed by atoms with van der Waals surface area (Å²) in [4.78, 5) is 12.8. The number of methoxy groups -OCH3 is 5. The summed E-state index contributed by atoms with van der Waals surface area (Å²) in [6.07, 6.45) is 3.98. The van der Waals surface area contributed by atoms with Crippen molar-refractivity contribution >= 4 is 22.8 Å². The van der Waals surface area contributed by atoms with Gasteiger partial charge in [-0.05, 0) is 59.0 Å². The Morgan fingerprint density at radius 3 is 1.70 bits per heavy atom. The molecule has 0 spiro atoms. The van der Waals surface area contributed by atoms with Crippen molar-refractivity contribution in [1.82, 2.24) is 0 Å². The fourth-order valence-electron chi connectivity index (χ4n) is 4.38. The van der Waals surface area contributed by atoms with E-state index in [1.165, 1.54) is 7.11 Å². The van der Waals surface area contributed by atoms with Crippen LogP contribution in [0.5, 0.6) is 23.0 Å². The molecule has 0 heterocycles. The van der Waals surface area contributed by atoms with Crippen LogP contribution in [0.2, 0.25) is 0 Å². The van der Waals surface area contributed by atoms with E-state index in [1.54, 1.807) is 28.4 Å². The van der Waals surface area contributed by atoms with Crippen LogP contribution in [0.3, 0.4) is 0 Å². The molecule has 0 aliphatic heterocycles. The van der Waals surface area contributed by atoms with Crippen LogP contribution in [0.15, 0.2) is 78.9 Å². The zero-order valence-electron chi connectivity index (χ0n) is 21.6. The summed E-state index contributed by atoms with van der Waals surface area (Å²) < 4.78 is 27.1. The van der Waals surface area contributed by atoms with E-state index in [0.717, 1.165) is 33.4 Å². The Labute approximate surface area is 217 Å². The van der Waals surface area contributed by atoms with E-state index in [2.05, 4.69) is 6.08 Å². The van der Waals surface area contributed by atoms with Crippen LogP contribution < -0.4 is 18.9 Å². The lowest BCUT2D eigenvalue weighted by atomic mass is 9.89. The van der Waals surface area contributed by atoms with Crippen LogP contribution in [0.4, 0.5) is 0 Å².